The Balaban J connectivity index is 2.81. The van der Waals surface area contributed by atoms with Gasteiger partial charge in [-0.05, 0) is 31.5 Å². The third kappa shape index (κ3) is 3.76. The maximum absolute atomic E-state index is 11.5. The fourth-order valence-corrected chi connectivity index (χ4v) is 1.42. The summed E-state index contributed by atoms with van der Waals surface area (Å²) in [5.41, 5.74) is 5.57. The first-order valence-electron chi connectivity index (χ1n) is 5.81. The second kappa shape index (κ2) is 6.64. The molecule has 18 heavy (non-hydrogen) atoms. The highest BCUT2D eigenvalue weighted by atomic mass is 16.5. The summed E-state index contributed by atoms with van der Waals surface area (Å²) >= 11 is 0. The summed E-state index contributed by atoms with van der Waals surface area (Å²) in [6, 6.07) is 6.48. The van der Waals surface area contributed by atoms with E-state index in [-0.39, 0.29) is 0 Å². The van der Waals surface area contributed by atoms with Gasteiger partial charge in [0, 0.05) is 0 Å². The molecular weight excluding hydrogens is 234 g/mol. The Labute approximate surface area is 106 Å². The van der Waals surface area contributed by atoms with Crippen LogP contribution in [-0.2, 0) is 9.53 Å². The van der Waals surface area contributed by atoms with Crippen molar-refractivity contribution in [2.24, 2.45) is 5.73 Å². The van der Waals surface area contributed by atoms with Crippen molar-refractivity contribution in [1.82, 2.24) is 0 Å². The van der Waals surface area contributed by atoms with Gasteiger partial charge in [0.1, 0.15) is 5.75 Å². The number of rotatable bonds is 6. The Morgan fingerprint density at radius 2 is 2.06 bits per heavy atom. The predicted octanol–water partition coefficient (Wildman–Crippen LogP) is 1.51. The van der Waals surface area contributed by atoms with E-state index in [2.05, 4.69) is 0 Å². The molecule has 1 aromatic rings. The molecule has 1 atom stereocenters. The number of benzene rings is 1. The van der Waals surface area contributed by atoms with E-state index in [1.165, 1.54) is 6.07 Å². The zero-order chi connectivity index (χ0) is 13.5. The number of nitrogens with two attached hydrogens (primary N) is 1. The van der Waals surface area contributed by atoms with Crippen molar-refractivity contribution in [2.45, 2.75) is 26.4 Å². The van der Waals surface area contributed by atoms with Crippen molar-refractivity contribution >= 4 is 11.9 Å². The number of hydrogen-bond acceptors (Lipinski definition) is 4. The number of esters is 1. The van der Waals surface area contributed by atoms with Crippen LogP contribution < -0.4 is 10.5 Å². The van der Waals surface area contributed by atoms with Gasteiger partial charge in [-0.3, -0.25) is 4.79 Å². The normalized spacial score (nSPS) is 11.7. The van der Waals surface area contributed by atoms with E-state index in [1.54, 1.807) is 32.0 Å². The zero-order valence-electron chi connectivity index (χ0n) is 10.5. The Kier molecular flexibility index (Phi) is 5.17. The monoisotopic (exact) mass is 251 g/mol. The highest BCUT2D eigenvalue weighted by Crippen LogP contribution is 2.16. The third-order valence-corrected chi connectivity index (χ3v) is 2.31. The molecular formula is C13H17NO4. The molecule has 98 valence electrons. The molecule has 0 aliphatic rings. The molecule has 5 nitrogen and oxygen atoms in total. The molecule has 0 saturated heterocycles. The summed E-state index contributed by atoms with van der Waals surface area (Å²) in [6.07, 6.45) is -0.221. The van der Waals surface area contributed by atoms with Crippen LogP contribution in [0.3, 0.4) is 0 Å². The number of carbonyl (C=O) groups excluding carboxylic acids is 2. The minimum absolute atomic E-state index is 0.308. The van der Waals surface area contributed by atoms with Crippen LogP contribution in [0.25, 0.3) is 0 Å². The van der Waals surface area contributed by atoms with E-state index in [0.717, 1.165) is 0 Å². The average molecular weight is 251 g/mol. The van der Waals surface area contributed by atoms with E-state index < -0.39 is 18.0 Å². The summed E-state index contributed by atoms with van der Waals surface area (Å²) in [7, 11) is 0. The Hall–Kier alpha value is -2.04. The predicted molar refractivity (Wildman–Crippen MR) is 66.3 cm³/mol. The lowest BCUT2D eigenvalue weighted by Crippen LogP contribution is -2.33. The van der Waals surface area contributed by atoms with Crippen molar-refractivity contribution in [3.8, 4) is 5.75 Å². The van der Waals surface area contributed by atoms with Crippen LogP contribution in [0, 0.1) is 0 Å². The molecule has 0 fully saturated rings. The summed E-state index contributed by atoms with van der Waals surface area (Å²) in [4.78, 5) is 22.6. The van der Waals surface area contributed by atoms with Crippen molar-refractivity contribution in [1.29, 1.82) is 0 Å². The molecule has 1 amide bonds. The van der Waals surface area contributed by atoms with Gasteiger partial charge in [0.2, 0.25) is 0 Å². The summed E-state index contributed by atoms with van der Waals surface area (Å²) in [5, 5.41) is 0. The van der Waals surface area contributed by atoms with Crippen molar-refractivity contribution < 1.29 is 19.1 Å². The quantitative estimate of drug-likeness (QED) is 0.777. The highest BCUT2D eigenvalue weighted by Gasteiger charge is 2.15. The van der Waals surface area contributed by atoms with Gasteiger partial charge >= 0.3 is 5.97 Å². The summed E-state index contributed by atoms with van der Waals surface area (Å²) in [6.45, 7) is 3.84. The molecule has 0 saturated carbocycles. The summed E-state index contributed by atoms with van der Waals surface area (Å²) < 4.78 is 10.3. The zero-order valence-corrected chi connectivity index (χ0v) is 10.5. The number of ether oxygens (including phenoxy) is 2. The smallest absolute Gasteiger partial charge is 0.338 e. The number of primary amides is 1. The first-order chi connectivity index (χ1) is 8.58. The van der Waals surface area contributed by atoms with Crippen molar-refractivity contribution in [2.75, 3.05) is 6.61 Å². The van der Waals surface area contributed by atoms with Crippen LogP contribution in [0.5, 0.6) is 5.75 Å². The molecule has 2 N–H and O–H groups in total. The second-order valence-corrected chi connectivity index (χ2v) is 3.67. The molecule has 1 aromatic carbocycles. The lowest BCUT2D eigenvalue weighted by molar-refractivity contribution is -0.124. The maximum Gasteiger partial charge on any atom is 0.338 e. The molecule has 0 aliphatic carbocycles. The second-order valence-electron chi connectivity index (χ2n) is 3.67. The lowest BCUT2D eigenvalue weighted by atomic mass is 10.2. The van der Waals surface area contributed by atoms with Gasteiger partial charge in [-0.15, -0.1) is 0 Å². The Morgan fingerprint density at radius 1 is 1.33 bits per heavy atom. The Bertz CT molecular complexity index is 431. The number of amides is 1. The van der Waals surface area contributed by atoms with Crippen molar-refractivity contribution in [3.05, 3.63) is 29.8 Å². The van der Waals surface area contributed by atoms with Gasteiger partial charge < -0.3 is 15.2 Å². The SMILES string of the molecule is CCOC(=O)c1cccc(OC(CC)C(N)=O)c1. The Morgan fingerprint density at radius 3 is 2.61 bits per heavy atom. The lowest BCUT2D eigenvalue weighted by Gasteiger charge is -2.14. The first-order valence-corrected chi connectivity index (χ1v) is 5.81. The largest absolute Gasteiger partial charge is 0.481 e. The van der Waals surface area contributed by atoms with E-state index in [1.807, 2.05) is 0 Å². The van der Waals surface area contributed by atoms with E-state index in [4.69, 9.17) is 15.2 Å². The highest BCUT2D eigenvalue weighted by molar-refractivity contribution is 5.89. The minimum atomic E-state index is -0.692. The van der Waals surface area contributed by atoms with Gasteiger partial charge in [-0.1, -0.05) is 13.0 Å². The first kappa shape index (κ1) is 14.0. The van der Waals surface area contributed by atoms with Crippen molar-refractivity contribution in [3.63, 3.8) is 0 Å². The number of carbonyl (C=O) groups is 2. The average Bonchev–Trinajstić information content (AvgIpc) is 2.36. The number of hydrogen-bond donors (Lipinski definition) is 1. The fourth-order valence-electron chi connectivity index (χ4n) is 1.42. The van der Waals surface area contributed by atoms with E-state index in [9.17, 15) is 9.59 Å². The fraction of sp³-hybridized carbons (Fsp3) is 0.385. The standard InChI is InChI=1S/C13H17NO4/c1-3-11(12(14)15)18-10-7-5-6-9(8-10)13(16)17-4-2/h5-8,11H,3-4H2,1-2H3,(H2,14,15). The van der Waals surface area contributed by atoms with Crippen LogP contribution in [0.1, 0.15) is 30.6 Å². The van der Waals surface area contributed by atoms with Gasteiger partial charge in [0.25, 0.3) is 5.91 Å². The van der Waals surface area contributed by atoms with Crippen LogP contribution in [0.15, 0.2) is 24.3 Å². The summed E-state index contributed by atoms with van der Waals surface area (Å²) in [5.74, 6) is -0.527. The van der Waals surface area contributed by atoms with Crippen LogP contribution in [0.4, 0.5) is 0 Å². The van der Waals surface area contributed by atoms with Crippen LogP contribution >= 0.6 is 0 Å². The molecule has 1 rings (SSSR count). The van der Waals surface area contributed by atoms with E-state index in [0.29, 0.717) is 24.3 Å². The molecule has 5 heteroatoms. The minimum Gasteiger partial charge on any atom is -0.481 e. The van der Waals surface area contributed by atoms with Crippen LogP contribution in [-0.4, -0.2) is 24.6 Å². The molecule has 0 aliphatic heterocycles. The molecule has 1 unspecified atom stereocenters. The van der Waals surface area contributed by atoms with Gasteiger partial charge in [0.05, 0.1) is 12.2 Å². The van der Waals surface area contributed by atoms with Gasteiger partial charge in [0.15, 0.2) is 6.10 Å². The maximum atomic E-state index is 11.5. The van der Waals surface area contributed by atoms with Gasteiger partial charge in [-0.2, -0.15) is 0 Å². The van der Waals surface area contributed by atoms with Crippen LogP contribution in [0.2, 0.25) is 0 Å². The molecule has 0 heterocycles. The topological polar surface area (TPSA) is 78.6 Å². The molecule has 0 radical (unpaired) electrons. The molecule has 0 spiro atoms. The molecule has 0 bridgehead atoms. The molecule has 0 aromatic heterocycles. The van der Waals surface area contributed by atoms with Gasteiger partial charge in [-0.25, -0.2) is 4.79 Å². The van der Waals surface area contributed by atoms with E-state index >= 15 is 0 Å². The third-order valence-electron chi connectivity index (χ3n) is 2.31.